The number of methoxy groups -OCH3 is 2. The molecule has 0 aromatic heterocycles. The number of ether oxygens (including phenoxy) is 2. The standard InChI is InChI=1S/C10H16O7S/c1-16-9(11)6-4-3-5-7(18(13,14)15)8(6)10(12)17-2/h6-8H,3-5H2,1-2H3,(H,13,14,15). The average molecular weight is 280 g/mol. The topological polar surface area (TPSA) is 107 Å². The SMILES string of the molecule is COC(=O)C1CCCC(S(=O)(=O)O)C1C(=O)OC. The Morgan fingerprint density at radius 1 is 1.11 bits per heavy atom. The third-order valence-corrected chi connectivity index (χ3v) is 4.49. The molecule has 0 spiro atoms. The zero-order valence-electron chi connectivity index (χ0n) is 10.2. The molecule has 1 fully saturated rings. The molecule has 8 heteroatoms. The van der Waals surface area contributed by atoms with E-state index in [1.165, 1.54) is 0 Å². The van der Waals surface area contributed by atoms with E-state index in [4.69, 9.17) is 4.55 Å². The number of carbonyl (C=O) groups is 2. The Bertz CT molecular complexity index is 428. The van der Waals surface area contributed by atoms with Crippen LogP contribution in [0.15, 0.2) is 0 Å². The van der Waals surface area contributed by atoms with Crippen molar-refractivity contribution in [3.63, 3.8) is 0 Å². The van der Waals surface area contributed by atoms with E-state index in [-0.39, 0.29) is 6.42 Å². The summed E-state index contributed by atoms with van der Waals surface area (Å²) in [6.45, 7) is 0. The van der Waals surface area contributed by atoms with Crippen molar-refractivity contribution in [2.45, 2.75) is 24.5 Å². The lowest BCUT2D eigenvalue weighted by Crippen LogP contribution is -2.46. The van der Waals surface area contributed by atoms with E-state index in [1.807, 2.05) is 0 Å². The molecular weight excluding hydrogens is 264 g/mol. The van der Waals surface area contributed by atoms with Crippen LogP contribution in [0, 0.1) is 11.8 Å². The third-order valence-electron chi connectivity index (χ3n) is 3.20. The molecule has 0 aliphatic heterocycles. The Balaban J connectivity index is 3.12. The first-order valence-corrected chi connectivity index (χ1v) is 6.95. The highest BCUT2D eigenvalue weighted by atomic mass is 32.2. The van der Waals surface area contributed by atoms with Gasteiger partial charge < -0.3 is 9.47 Å². The minimum absolute atomic E-state index is 0.117. The highest BCUT2D eigenvalue weighted by Gasteiger charge is 2.48. The van der Waals surface area contributed by atoms with E-state index in [2.05, 4.69) is 9.47 Å². The fraction of sp³-hybridized carbons (Fsp3) is 0.800. The van der Waals surface area contributed by atoms with Crippen LogP contribution in [0.5, 0.6) is 0 Å². The lowest BCUT2D eigenvalue weighted by molar-refractivity contribution is -0.159. The summed E-state index contributed by atoms with van der Waals surface area (Å²) in [5.41, 5.74) is 0. The molecule has 1 aliphatic rings. The predicted octanol–water partition coefficient (Wildman–Crippen LogP) is 0.00510. The van der Waals surface area contributed by atoms with E-state index in [0.29, 0.717) is 12.8 Å². The zero-order valence-corrected chi connectivity index (χ0v) is 11.0. The maximum Gasteiger partial charge on any atom is 0.310 e. The Labute approximate surface area is 105 Å². The molecule has 18 heavy (non-hydrogen) atoms. The molecule has 0 aromatic rings. The molecule has 0 amide bonds. The van der Waals surface area contributed by atoms with Gasteiger partial charge in [-0.25, -0.2) is 0 Å². The van der Waals surface area contributed by atoms with Crippen molar-refractivity contribution in [2.24, 2.45) is 11.8 Å². The second-order valence-electron chi connectivity index (χ2n) is 4.16. The number of hydrogen-bond donors (Lipinski definition) is 1. The van der Waals surface area contributed by atoms with Crippen LogP contribution in [0.3, 0.4) is 0 Å². The molecule has 7 nitrogen and oxygen atoms in total. The van der Waals surface area contributed by atoms with Crippen molar-refractivity contribution in [2.75, 3.05) is 14.2 Å². The zero-order chi connectivity index (χ0) is 13.9. The normalized spacial score (nSPS) is 28.5. The van der Waals surface area contributed by atoms with Gasteiger partial charge in [-0.1, -0.05) is 6.42 Å². The van der Waals surface area contributed by atoms with Gasteiger partial charge in [0.1, 0.15) is 5.25 Å². The second kappa shape index (κ2) is 5.66. The van der Waals surface area contributed by atoms with Gasteiger partial charge in [-0.15, -0.1) is 0 Å². The van der Waals surface area contributed by atoms with Crippen molar-refractivity contribution in [1.29, 1.82) is 0 Å². The lowest BCUT2D eigenvalue weighted by atomic mass is 9.79. The summed E-state index contributed by atoms with van der Waals surface area (Å²) < 4.78 is 40.8. The van der Waals surface area contributed by atoms with E-state index in [0.717, 1.165) is 14.2 Å². The Morgan fingerprint density at radius 2 is 1.67 bits per heavy atom. The van der Waals surface area contributed by atoms with Gasteiger partial charge in [-0.3, -0.25) is 14.1 Å². The summed E-state index contributed by atoms with van der Waals surface area (Å²) in [7, 11) is -2.15. The van der Waals surface area contributed by atoms with E-state index < -0.39 is 39.1 Å². The van der Waals surface area contributed by atoms with Crippen molar-refractivity contribution >= 4 is 22.1 Å². The Morgan fingerprint density at radius 3 is 2.11 bits per heavy atom. The summed E-state index contributed by atoms with van der Waals surface area (Å²) in [5.74, 6) is -3.61. The monoisotopic (exact) mass is 280 g/mol. The molecule has 0 saturated heterocycles. The van der Waals surface area contributed by atoms with Crippen LogP contribution < -0.4 is 0 Å². The summed E-state index contributed by atoms with van der Waals surface area (Å²) in [5, 5.41) is -1.32. The Kier molecular flexibility index (Phi) is 4.69. The van der Waals surface area contributed by atoms with Crippen LogP contribution in [0.4, 0.5) is 0 Å². The van der Waals surface area contributed by atoms with Gasteiger partial charge in [0, 0.05) is 0 Å². The molecule has 3 unspecified atom stereocenters. The van der Waals surface area contributed by atoms with E-state index >= 15 is 0 Å². The molecular formula is C10H16O7S. The van der Waals surface area contributed by atoms with Gasteiger partial charge in [-0.05, 0) is 12.8 Å². The highest BCUT2D eigenvalue weighted by Crippen LogP contribution is 2.35. The summed E-state index contributed by atoms with van der Waals surface area (Å²) in [4.78, 5) is 23.2. The van der Waals surface area contributed by atoms with Gasteiger partial charge in [0.05, 0.1) is 26.1 Å². The molecule has 1 N–H and O–H groups in total. The quantitative estimate of drug-likeness (QED) is 0.573. The second-order valence-corrected chi connectivity index (χ2v) is 5.80. The first-order valence-electron chi connectivity index (χ1n) is 5.45. The molecule has 0 heterocycles. The smallest absolute Gasteiger partial charge is 0.310 e. The van der Waals surface area contributed by atoms with Crippen molar-refractivity contribution < 1.29 is 32.0 Å². The minimum Gasteiger partial charge on any atom is -0.469 e. The number of esters is 2. The van der Waals surface area contributed by atoms with Crippen molar-refractivity contribution in [3.8, 4) is 0 Å². The minimum atomic E-state index is -4.41. The molecule has 1 rings (SSSR count). The van der Waals surface area contributed by atoms with Crippen molar-refractivity contribution in [1.82, 2.24) is 0 Å². The summed E-state index contributed by atoms with van der Waals surface area (Å²) in [6.07, 6.45) is 0.863. The molecule has 1 aliphatic carbocycles. The lowest BCUT2D eigenvalue weighted by Gasteiger charge is -2.32. The van der Waals surface area contributed by atoms with Crippen LogP contribution in [0.1, 0.15) is 19.3 Å². The fourth-order valence-corrected chi connectivity index (χ4v) is 3.50. The molecule has 1 saturated carbocycles. The van der Waals surface area contributed by atoms with Crippen LogP contribution in [-0.2, 0) is 29.2 Å². The van der Waals surface area contributed by atoms with Gasteiger partial charge in [0.2, 0.25) is 0 Å². The highest BCUT2D eigenvalue weighted by molar-refractivity contribution is 7.86. The molecule has 0 aromatic carbocycles. The van der Waals surface area contributed by atoms with Gasteiger partial charge in [0.15, 0.2) is 0 Å². The maximum absolute atomic E-state index is 11.6. The molecule has 104 valence electrons. The van der Waals surface area contributed by atoms with Crippen LogP contribution in [0.25, 0.3) is 0 Å². The summed E-state index contributed by atoms with van der Waals surface area (Å²) in [6, 6.07) is 0. The van der Waals surface area contributed by atoms with Gasteiger partial charge >= 0.3 is 11.9 Å². The van der Waals surface area contributed by atoms with Crippen LogP contribution >= 0.6 is 0 Å². The van der Waals surface area contributed by atoms with Crippen molar-refractivity contribution in [3.05, 3.63) is 0 Å². The molecule has 3 atom stereocenters. The van der Waals surface area contributed by atoms with Gasteiger partial charge in [0.25, 0.3) is 10.1 Å². The predicted molar refractivity (Wildman–Crippen MR) is 60.2 cm³/mol. The van der Waals surface area contributed by atoms with E-state index in [9.17, 15) is 18.0 Å². The average Bonchev–Trinajstić information content (AvgIpc) is 2.34. The Hall–Kier alpha value is -1.15. The number of hydrogen-bond acceptors (Lipinski definition) is 6. The molecule has 0 bridgehead atoms. The van der Waals surface area contributed by atoms with Crippen LogP contribution in [-0.4, -0.2) is 44.4 Å². The first kappa shape index (κ1) is 14.9. The first-order chi connectivity index (χ1) is 8.32. The largest absolute Gasteiger partial charge is 0.469 e. The summed E-state index contributed by atoms with van der Waals surface area (Å²) >= 11 is 0. The fourth-order valence-electron chi connectivity index (χ4n) is 2.36. The van der Waals surface area contributed by atoms with E-state index in [1.54, 1.807) is 0 Å². The molecule has 0 radical (unpaired) electrons. The maximum atomic E-state index is 11.6. The number of rotatable bonds is 3. The van der Waals surface area contributed by atoms with Crippen LogP contribution in [0.2, 0.25) is 0 Å². The number of carbonyl (C=O) groups excluding carboxylic acids is 2. The third kappa shape index (κ3) is 2.99. The van der Waals surface area contributed by atoms with Gasteiger partial charge in [-0.2, -0.15) is 8.42 Å².